The van der Waals surface area contributed by atoms with Gasteiger partial charge in [-0.3, -0.25) is 0 Å². The highest BCUT2D eigenvalue weighted by Crippen LogP contribution is 2.20. The van der Waals surface area contributed by atoms with Crippen molar-refractivity contribution in [3.8, 4) is 0 Å². The molecule has 1 aliphatic heterocycles. The molecule has 1 heterocycles. The van der Waals surface area contributed by atoms with E-state index in [1.807, 2.05) is 0 Å². The third kappa shape index (κ3) is 2.25. The van der Waals surface area contributed by atoms with Crippen LogP contribution in [0.15, 0.2) is 30.3 Å². The van der Waals surface area contributed by atoms with Crippen molar-refractivity contribution in [3.05, 3.63) is 35.9 Å². The molecule has 1 fully saturated rings. The van der Waals surface area contributed by atoms with Gasteiger partial charge in [-0.15, -0.1) is 0 Å². The van der Waals surface area contributed by atoms with Crippen LogP contribution in [-0.4, -0.2) is 24.6 Å². The summed E-state index contributed by atoms with van der Waals surface area (Å²) in [5.41, 5.74) is 1.36. The molecule has 2 rings (SSSR count). The lowest BCUT2D eigenvalue weighted by atomic mass is 10.1. The summed E-state index contributed by atoms with van der Waals surface area (Å²) in [5, 5.41) is 5.68. The SMILES string of the molecule is INN1CCNC[C@H]1c1ccccc1. The summed E-state index contributed by atoms with van der Waals surface area (Å²) in [7, 11) is 0. The maximum atomic E-state index is 3.41. The topological polar surface area (TPSA) is 27.3 Å². The van der Waals surface area contributed by atoms with Crippen LogP contribution >= 0.6 is 22.9 Å². The Balaban J connectivity index is 2.15. The van der Waals surface area contributed by atoms with E-state index in [4.69, 9.17) is 0 Å². The molecule has 2 N–H and O–H groups in total. The van der Waals surface area contributed by atoms with Crippen molar-refractivity contribution in [2.75, 3.05) is 19.6 Å². The lowest BCUT2D eigenvalue weighted by molar-refractivity contribution is 0.149. The first-order chi connectivity index (χ1) is 6.92. The molecule has 1 aromatic rings. The Kier molecular flexibility index (Phi) is 3.74. The van der Waals surface area contributed by atoms with Crippen LogP contribution in [0.4, 0.5) is 0 Å². The molecule has 0 bridgehead atoms. The number of hydrogen-bond donors (Lipinski definition) is 2. The van der Waals surface area contributed by atoms with Gasteiger partial charge in [0.05, 0.1) is 6.04 Å². The van der Waals surface area contributed by atoms with E-state index in [1.54, 1.807) is 0 Å². The zero-order valence-corrected chi connectivity index (χ0v) is 10.1. The molecule has 3 nitrogen and oxygen atoms in total. The van der Waals surface area contributed by atoms with Crippen molar-refractivity contribution in [1.29, 1.82) is 0 Å². The van der Waals surface area contributed by atoms with Crippen LogP contribution < -0.4 is 8.96 Å². The molecular weight excluding hydrogens is 289 g/mol. The molecule has 0 radical (unpaired) electrons. The molecule has 4 heteroatoms. The predicted molar refractivity (Wildman–Crippen MR) is 65.9 cm³/mol. The number of halogens is 1. The van der Waals surface area contributed by atoms with Gasteiger partial charge >= 0.3 is 0 Å². The van der Waals surface area contributed by atoms with Gasteiger partial charge in [0, 0.05) is 42.5 Å². The van der Waals surface area contributed by atoms with E-state index in [0.29, 0.717) is 6.04 Å². The Morgan fingerprint density at radius 1 is 1.36 bits per heavy atom. The second kappa shape index (κ2) is 5.06. The van der Waals surface area contributed by atoms with Crippen LogP contribution in [0.3, 0.4) is 0 Å². The van der Waals surface area contributed by atoms with Gasteiger partial charge in [0.25, 0.3) is 0 Å². The second-order valence-electron chi connectivity index (χ2n) is 3.41. The largest absolute Gasteiger partial charge is 0.313 e. The molecule has 1 aliphatic rings. The second-order valence-corrected chi connectivity index (χ2v) is 3.89. The van der Waals surface area contributed by atoms with Gasteiger partial charge in [-0.2, -0.15) is 3.64 Å². The van der Waals surface area contributed by atoms with Crippen LogP contribution in [0.2, 0.25) is 0 Å². The normalized spacial score (nSPS) is 23.6. The number of nitrogens with one attached hydrogen (secondary N) is 2. The molecule has 0 unspecified atom stereocenters. The van der Waals surface area contributed by atoms with Gasteiger partial charge in [0.1, 0.15) is 0 Å². The highest BCUT2D eigenvalue weighted by atomic mass is 127. The number of hydrogen-bond acceptors (Lipinski definition) is 3. The third-order valence-electron chi connectivity index (χ3n) is 2.54. The van der Waals surface area contributed by atoms with Crippen LogP contribution in [0, 0.1) is 0 Å². The Bertz CT molecular complexity index is 278. The average molecular weight is 303 g/mol. The van der Waals surface area contributed by atoms with Crippen molar-refractivity contribution in [3.63, 3.8) is 0 Å². The first-order valence-corrected chi connectivity index (χ1v) is 5.88. The Morgan fingerprint density at radius 2 is 2.14 bits per heavy atom. The van der Waals surface area contributed by atoms with Crippen LogP contribution in [0.1, 0.15) is 11.6 Å². The molecule has 0 spiro atoms. The molecule has 1 atom stereocenters. The number of benzene rings is 1. The van der Waals surface area contributed by atoms with E-state index >= 15 is 0 Å². The quantitative estimate of drug-likeness (QED) is 0.640. The smallest absolute Gasteiger partial charge is 0.0625 e. The number of nitrogens with zero attached hydrogens (tertiary/aromatic N) is 1. The number of rotatable bonds is 2. The summed E-state index contributed by atoms with van der Waals surface area (Å²) in [4.78, 5) is 0. The molecule has 0 aromatic heterocycles. The van der Waals surface area contributed by atoms with Gasteiger partial charge in [0.2, 0.25) is 0 Å². The van der Waals surface area contributed by atoms with Crippen LogP contribution in [0.25, 0.3) is 0 Å². The Labute approximate surface area is 98.3 Å². The molecule has 1 aromatic carbocycles. The molecule has 1 saturated heterocycles. The third-order valence-corrected chi connectivity index (χ3v) is 3.16. The minimum atomic E-state index is 0.446. The Hall–Kier alpha value is -0.170. The van der Waals surface area contributed by atoms with Gasteiger partial charge in [0.15, 0.2) is 0 Å². The maximum Gasteiger partial charge on any atom is 0.0625 e. The lowest BCUT2D eigenvalue weighted by Crippen LogP contribution is -2.49. The highest BCUT2D eigenvalue weighted by Gasteiger charge is 2.22. The molecule has 0 saturated carbocycles. The van der Waals surface area contributed by atoms with Gasteiger partial charge in [-0.05, 0) is 5.56 Å². The standard InChI is InChI=1S/C10H14IN3/c11-13-14-7-6-12-8-10(14)9-4-2-1-3-5-9/h1-5,10,12-13H,6-8H2/t10-/m0/s1. The predicted octanol–water partition coefficient (Wildman–Crippen LogP) is 1.49. The summed E-state index contributed by atoms with van der Waals surface area (Å²) in [5.74, 6) is 0. The lowest BCUT2D eigenvalue weighted by Gasteiger charge is -2.34. The number of hydrazine groups is 1. The van der Waals surface area contributed by atoms with Crippen molar-refractivity contribution in [2.45, 2.75) is 6.04 Å². The fraction of sp³-hybridized carbons (Fsp3) is 0.400. The van der Waals surface area contributed by atoms with Crippen LogP contribution in [0.5, 0.6) is 0 Å². The molecular formula is C10H14IN3. The zero-order valence-electron chi connectivity index (χ0n) is 7.91. The summed E-state index contributed by atoms with van der Waals surface area (Å²) in [6.45, 7) is 3.11. The summed E-state index contributed by atoms with van der Waals surface area (Å²) in [6.07, 6.45) is 0. The first-order valence-electron chi connectivity index (χ1n) is 4.80. The van der Waals surface area contributed by atoms with E-state index < -0.39 is 0 Å². The zero-order chi connectivity index (χ0) is 9.80. The summed E-state index contributed by atoms with van der Waals surface area (Å²) >= 11 is 2.20. The summed E-state index contributed by atoms with van der Waals surface area (Å²) < 4.78 is 3.22. The maximum absolute atomic E-state index is 3.41. The van der Waals surface area contributed by atoms with Crippen molar-refractivity contribution >= 4 is 22.9 Å². The van der Waals surface area contributed by atoms with Crippen molar-refractivity contribution in [1.82, 2.24) is 14.0 Å². The van der Waals surface area contributed by atoms with Crippen molar-refractivity contribution < 1.29 is 0 Å². The van der Waals surface area contributed by atoms with Gasteiger partial charge in [-0.1, -0.05) is 30.3 Å². The van der Waals surface area contributed by atoms with Gasteiger partial charge < -0.3 is 5.32 Å². The molecule has 14 heavy (non-hydrogen) atoms. The Morgan fingerprint density at radius 3 is 2.86 bits per heavy atom. The van der Waals surface area contributed by atoms with E-state index in [-0.39, 0.29) is 0 Å². The van der Waals surface area contributed by atoms with Gasteiger partial charge in [-0.25, -0.2) is 5.01 Å². The molecule has 0 aliphatic carbocycles. The minimum Gasteiger partial charge on any atom is -0.313 e. The highest BCUT2D eigenvalue weighted by molar-refractivity contribution is 14.1. The molecule has 0 amide bonds. The van der Waals surface area contributed by atoms with E-state index in [1.165, 1.54) is 5.56 Å². The average Bonchev–Trinajstić information content (AvgIpc) is 2.30. The fourth-order valence-electron chi connectivity index (χ4n) is 1.78. The number of piperazine rings is 1. The van der Waals surface area contributed by atoms with Crippen molar-refractivity contribution in [2.24, 2.45) is 0 Å². The monoisotopic (exact) mass is 303 g/mol. The molecule has 76 valence electrons. The van der Waals surface area contributed by atoms with E-state index in [0.717, 1.165) is 19.6 Å². The van der Waals surface area contributed by atoms with Crippen LogP contribution in [-0.2, 0) is 0 Å². The first kappa shape index (κ1) is 10.4. The van der Waals surface area contributed by atoms with E-state index in [2.05, 4.69) is 67.2 Å². The summed E-state index contributed by atoms with van der Waals surface area (Å²) in [6, 6.07) is 11.0. The minimum absolute atomic E-state index is 0.446. The van der Waals surface area contributed by atoms with E-state index in [9.17, 15) is 0 Å². The fourth-order valence-corrected chi connectivity index (χ4v) is 2.36.